The maximum Gasteiger partial charge on any atom is 0.253 e. The summed E-state index contributed by atoms with van der Waals surface area (Å²) in [5.74, 6) is 2.71. The lowest BCUT2D eigenvalue weighted by molar-refractivity contribution is 0.247. The third-order valence-electron chi connectivity index (χ3n) is 2.49. The van der Waals surface area contributed by atoms with Gasteiger partial charge in [-0.3, -0.25) is 0 Å². The maximum absolute atomic E-state index is 5.61. The topological polar surface area (TPSA) is 57.4 Å². The number of nitrogens with zero attached hydrogens (tertiary/aromatic N) is 2. The van der Waals surface area contributed by atoms with Crippen molar-refractivity contribution in [1.82, 2.24) is 10.2 Å². The minimum Gasteiger partial charge on any atom is -0.493 e. The van der Waals surface area contributed by atoms with E-state index in [0.29, 0.717) is 35.6 Å². The molecule has 0 aliphatic rings. The lowest BCUT2D eigenvalue weighted by Gasteiger charge is -2.09. The Labute approximate surface area is 116 Å². The Morgan fingerprint density at radius 2 is 2.00 bits per heavy atom. The van der Waals surface area contributed by atoms with Gasteiger partial charge in [0.05, 0.1) is 7.11 Å². The van der Waals surface area contributed by atoms with Crippen molar-refractivity contribution in [2.75, 3.05) is 13.0 Å². The second-order valence-electron chi connectivity index (χ2n) is 3.97. The van der Waals surface area contributed by atoms with E-state index in [9.17, 15) is 0 Å². The molecule has 1 heterocycles. The van der Waals surface area contributed by atoms with Crippen LogP contribution in [0.3, 0.4) is 0 Å². The van der Waals surface area contributed by atoms with Crippen LogP contribution in [0, 0.1) is 6.92 Å². The molecule has 0 atom stereocenters. The first-order chi connectivity index (χ1) is 9.22. The Balaban J connectivity index is 2.01. The Kier molecular flexibility index (Phi) is 4.63. The highest BCUT2D eigenvalue weighted by atomic mass is 35.5. The summed E-state index contributed by atoms with van der Waals surface area (Å²) >= 11 is 5.60. The first kappa shape index (κ1) is 13.7. The van der Waals surface area contributed by atoms with E-state index in [-0.39, 0.29) is 6.61 Å². The molecule has 0 bridgehead atoms. The largest absolute Gasteiger partial charge is 0.493 e. The summed E-state index contributed by atoms with van der Waals surface area (Å²) < 4.78 is 16.2. The van der Waals surface area contributed by atoms with Crippen LogP contribution in [-0.4, -0.2) is 23.2 Å². The van der Waals surface area contributed by atoms with Crippen molar-refractivity contribution in [3.8, 4) is 11.5 Å². The lowest BCUT2D eigenvalue weighted by Crippen LogP contribution is -1.98. The number of ether oxygens (including phenoxy) is 2. The monoisotopic (exact) mass is 282 g/mol. The Morgan fingerprint density at radius 1 is 1.21 bits per heavy atom. The van der Waals surface area contributed by atoms with Crippen LogP contribution in [0.1, 0.15) is 17.3 Å². The summed E-state index contributed by atoms with van der Waals surface area (Å²) in [7, 11) is 1.60. The number of hydrogen-bond donors (Lipinski definition) is 0. The van der Waals surface area contributed by atoms with E-state index >= 15 is 0 Å². The molecule has 102 valence electrons. The van der Waals surface area contributed by atoms with E-state index in [4.69, 9.17) is 25.5 Å². The molecular weight excluding hydrogens is 268 g/mol. The predicted octanol–water partition coefficient (Wildman–Crippen LogP) is 2.75. The molecule has 2 rings (SSSR count). The Bertz CT molecular complexity index is 542. The SMILES string of the molecule is COc1cc(C)ccc1OCc1nnc(CCCl)o1. The standard InChI is InChI=1S/C13H15ClN2O3/c1-9-3-4-10(11(7-9)17-2)18-8-13-16-15-12(19-13)5-6-14/h3-4,7H,5-6,8H2,1-2H3. The van der Waals surface area contributed by atoms with E-state index in [1.807, 2.05) is 25.1 Å². The van der Waals surface area contributed by atoms with Crippen molar-refractivity contribution in [2.45, 2.75) is 20.0 Å². The number of methoxy groups -OCH3 is 1. The van der Waals surface area contributed by atoms with Crippen LogP contribution in [0.4, 0.5) is 0 Å². The van der Waals surface area contributed by atoms with Crippen molar-refractivity contribution in [3.63, 3.8) is 0 Å². The van der Waals surface area contributed by atoms with E-state index < -0.39 is 0 Å². The molecule has 19 heavy (non-hydrogen) atoms. The van der Waals surface area contributed by atoms with Gasteiger partial charge in [0.25, 0.3) is 5.89 Å². The molecule has 0 radical (unpaired) electrons. The van der Waals surface area contributed by atoms with Gasteiger partial charge in [-0.1, -0.05) is 6.07 Å². The number of aromatic nitrogens is 2. The molecule has 6 heteroatoms. The number of halogens is 1. The first-order valence-corrected chi connectivity index (χ1v) is 6.41. The van der Waals surface area contributed by atoms with Crippen molar-refractivity contribution < 1.29 is 13.9 Å². The highest BCUT2D eigenvalue weighted by Gasteiger charge is 2.09. The van der Waals surface area contributed by atoms with Crippen molar-refractivity contribution >= 4 is 11.6 Å². The number of benzene rings is 1. The molecule has 0 saturated heterocycles. The lowest BCUT2D eigenvalue weighted by atomic mass is 10.2. The molecular formula is C13H15ClN2O3. The summed E-state index contributed by atoms with van der Waals surface area (Å²) in [4.78, 5) is 0. The highest BCUT2D eigenvalue weighted by Crippen LogP contribution is 2.28. The normalized spacial score (nSPS) is 10.5. The van der Waals surface area contributed by atoms with Gasteiger partial charge in [0.15, 0.2) is 18.1 Å². The fourth-order valence-electron chi connectivity index (χ4n) is 1.56. The molecule has 2 aromatic rings. The third kappa shape index (κ3) is 3.61. The summed E-state index contributed by atoms with van der Waals surface area (Å²) in [5.41, 5.74) is 1.10. The molecule has 0 unspecified atom stereocenters. The minimum atomic E-state index is 0.203. The van der Waals surface area contributed by atoms with Gasteiger partial charge in [-0.15, -0.1) is 21.8 Å². The van der Waals surface area contributed by atoms with Crippen molar-refractivity contribution in [2.24, 2.45) is 0 Å². The predicted molar refractivity (Wildman–Crippen MR) is 70.8 cm³/mol. The van der Waals surface area contributed by atoms with Gasteiger partial charge < -0.3 is 13.9 Å². The van der Waals surface area contributed by atoms with Crippen LogP contribution >= 0.6 is 11.6 Å². The molecule has 1 aromatic carbocycles. The molecule has 0 amide bonds. The number of alkyl halides is 1. The molecule has 0 N–H and O–H groups in total. The highest BCUT2D eigenvalue weighted by molar-refractivity contribution is 6.17. The first-order valence-electron chi connectivity index (χ1n) is 5.87. The van der Waals surface area contributed by atoms with E-state index in [1.54, 1.807) is 7.11 Å². The van der Waals surface area contributed by atoms with Crippen LogP contribution in [0.25, 0.3) is 0 Å². The molecule has 0 aliphatic heterocycles. The zero-order chi connectivity index (χ0) is 13.7. The number of aryl methyl sites for hydroxylation is 2. The van der Waals surface area contributed by atoms with Gasteiger partial charge >= 0.3 is 0 Å². The smallest absolute Gasteiger partial charge is 0.253 e. The molecule has 5 nitrogen and oxygen atoms in total. The van der Waals surface area contributed by atoms with Gasteiger partial charge in [-0.2, -0.15) is 0 Å². The van der Waals surface area contributed by atoms with Gasteiger partial charge in [-0.25, -0.2) is 0 Å². The van der Waals surface area contributed by atoms with E-state index in [1.165, 1.54) is 0 Å². The van der Waals surface area contributed by atoms with Crippen molar-refractivity contribution in [3.05, 3.63) is 35.5 Å². The Hall–Kier alpha value is -1.75. The minimum absolute atomic E-state index is 0.203. The summed E-state index contributed by atoms with van der Waals surface area (Å²) in [6.07, 6.45) is 0.558. The molecule has 0 spiro atoms. The average molecular weight is 283 g/mol. The fraction of sp³-hybridized carbons (Fsp3) is 0.385. The van der Waals surface area contributed by atoms with Crippen LogP contribution < -0.4 is 9.47 Å². The fourth-order valence-corrected chi connectivity index (χ4v) is 1.72. The summed E-state index contributed by atoms with van der Waals surface area (Å²) in [6, 6.07) is 5.71. The number of hydrogen-bond acceptors (Lipinski definition) is 5. The van der Waals surface area contributed by atoms with Gasteiger partial charge in [0.1, 0.15) is 0 Å². The summed E-state index contributed by atoms with van der Waals surface area (Å²) in [6.45, 7) is 2.19. The van der Waals surface area contributed by atoms with E-state index in [2.05, 4.69) is 10.2 Å². The van der Waals surface area contributed by atoms with Crippen LogP contribution in [0.2, 0.25) is 0 Å². The average Bonchev–Trinajstić information content (AvgIpc) is 2.85. The Morgan fingerprint density at radius 3 is 2.74 bits per heavy atom. The number of rotatable bonds is 6. The van der Waals surface area contributed by atoms with Crippen LogP contribution in [0.5, 0.6) is 11.5 Å². The summed E-state index contributed by atoms with van der Waals surface area (Å²) in [5, 5.41) is 7.74. The van der Waals surface area contributed by atoms with E-state index in [0.717, 1.165) is 5.56 Å². The zero-order valence-corrected chi connectivity index (χ0v) is 11.6. The molecule has 0 aliphatic carbocycles. The maximum atomic E-state index is 5.61. The van der Waals surface area contributed by atoms with Crippen molar-refractivity contribution in [1.29, 1.82) is 0 Å². The van der Waals surface area contributed by atoms with Crippen LogP contribution in [0.15, 0.2) is 22.6 Å². The zero-order valence-electron chi connectivity index (χ0n) is 10.9. The second-order valence-corrected chi connectivity index (χ2v) is 4.35. The quantitative estimate of drug-likeness (QED) is 0.763. The van der Waals surface area contributed by atoms with Gasteiger partial charge in [-0.05, 0) is 24.6 Å². The second kappa shape index (κ2) is 6.43. The van der Waals surface area contributed by atoms with Crippen LogP contribution in [-0.2, 0) is 13.0 Å². The third-order valence-corrected chi connectivity index (χ3v) is 2.68. The van der Waals surface area contributed by atoms with Gasteiger partial charge in [0, 0.05) is 12.3 Å². The van der Waals surface area contributed by atoms with Gasteiger partial charge in [0.2, 0.25) is 5.89 Å². The molecule has 0 saturated carbocycles. The molecule has 1 aromatic heterocycles. The molecule has 0 fully saturated rings.